The molecule has 1 heterocycles. The molecular weight excluding hydrogens is 368 g/mol. The van der Waals surface area contributed by atoms with Crippen molar-refractivity contribution in [3.05, 3.63) is 72.6 Å². The number of fused-ring (bicyclic) bond motifs is 1. The van der Waals surface area contributed by atoms with E-state index in [0.717, 1.165) is 39.3 Å². The summed E-state index contributed by atoms with van der Waals surface area (Å²) < 4.78 is 13.1. The van der Waals surface area contributed by atoms with E-state index in [1.165, 1.54) is 0 Å². The van der Waals surface area contributed by atoms with Gasteiger partial charge in [0.2, 0.25) is 0 Å². The van der Waals surface area contributed by atoms with E-state index in [1.807, 2.05) is 47.0 Å². The second-order valence-corrected chi connectivity index (χ2v) is 6.39. The van der Waals surface area contributed by atoms with Crippen LogP contribution in [0.4, 0.5) is 0 Å². The lowest BCUT2D eigenvalue weighted by atomic mass is 10.0. The Balaban J connectivity index is 1.83. The number of rotatable bonds is 5. The Morgan fingerprint density at radius 2 is 1.72 bits per heavy atom. The summed E-state index contributed by atoms with van der Waals surface area (Å²) in [5, 5.41) is 11.9. The third-order valence-corrected chi connectivity index (χ3v) is 4.79. The minimum atomic E-state index is 0.0479. The average Bonchev–Trinajstić information content (AvgIpc) is 3.21. The Morgan fingerprint density at radius 3 is 2.41 bits per heavy atom. The van der Waals surface area contributed by atoms with Crippen LogP contribution in [-0.4, -0.2) is 34.8 Å². The molecule has 0 unspecified atom stereocenters. The zero-order chi connectivity index (χ0) is 20.4. The van der Waals surface area contributed by atoms with Crippen molar-refractivity contribution in [1.82, 2.24) is 9.55 Å². The number of oxime groups is 1. The molecule has 4 aromatic rings. The summed E-state index contributed by atoms with van der Waals surface area (Å²) >= 11 is 0. The monoisotopic (exact) mass is 388 g/mol. The van der Waals surface area contributed by atoms with Crippen molar-refractivity contribution in [1.29, 1.82) is 0 Å². The lowest BCUT2D eigenvalue weighted by molar-refractivity contribution is 0.318. The third kappa shape index (κ3) is 3.23. The summed E-state index contributed by atoms with van der Waals surface area (Å²) in [6.45, 7) is 0. The lowest BCUT2D eigenvalue weighted by Crippen LogP contribution is -2.12. The second kappa shape index (κ2) is 7.55. The van der Waals surface area contributed by atoms with Crippen LogP contribution in [0.3, 0.4) is 0 Å². The second-order valence-electron chi connectivity index (χ2n) is 6.39. The molecular formula is C22H20N4O3. The van der Waals surface area contributed by atoms with Gasteiger partial charge in [0.1, 0.15) is 17.8 Å². The molecule has 0 aliphatic rings. The maximum atomic E-state index is 8.88. The van der Waals surface area contributed by atoms with E-state index in [1.54, 1.807) is 32.7 Å². The molecule has 146 valence electrons. The van der Waals surface area contributed by atoms with E-state index in [0.29, 0.717) is 5.56 Å². The van der Waals surface area contributed by atoms with Gasteiger partial charge in [0, 0.05) is 11.3 Å². The van der Waals surface area contributed by atoms with Crippen molar-refractivity contribution in [3.63, 3.8) is 0 Å². The summed E-state index contributed by atoms with van der Waals surface area (Å²) in [4.78, 5) is 4.46. The maximum absolute atomic E-state index is 8.88. The normalized spacial score (nSPS) is 11.6. The fourth-order valence-electron chi connectivity index (χ4n) is 3.38. The number of amidine groups is 1. The molecule has 0 amide bonds. The Kier molecular flexibility index (Phi) is 4.78. The molecule has 0 spiro atoms. The number of methoxy groups -OCH3 is 2. The van der Waals surface area contributed by atoms with Crippen molar-refractivity contribution in [2.24, 2.45) is 10.9 Å². The van der Waals surface area contributed by atoms with Crippen molar-refractivity contribution in [2.45, 2.75) is 0 Å². The minimum absolute atomic E-state index is 0.0479. The van der Waals surface area contributed by atoms with Gasteiger partial charge in [-0.3, -0.25) is 4.57 Å². The van der Waals surface area contributed by atoms with Crippen LogP contribution in [0.2, 0.25) is 0 Å². The first-order valence-electron chi connectivity index (χ1n) is 8.93. The van der Waals surface area contributed by atoms with Gasteiger partial charge in [0.05, 0.1) is 30.8 Å². The topological polar surface area (TPSA) is 94.9 Å². The van der Waals surface area contributed by atoms with E-state index in [9.17, 15) is 0 Å². The predicted molar refractivity (Wildman–Crippen MR) is 112 cm³/mol. The molecule has 0 radical (unpaired) electrons. The largest absolute Gasteiger partial charge is 0.496 e. The molecule has 7 nitrogen and oxygen atoms in total. The summed E-state index contributed by atoms with van der Waals surface area (Å²) in [6.07, 6.45) is 1.75. The van der Waals surface area contributed by atoms with Gasteiger partial charge in [-0.15, -0.1) is 0 Å². The molecule has 0 bridgehead atoms. The molecule has 29 heavy (non-hydrogen) atoms. The van der Waals surface area contributed by atoms with Crippen molar-refractivity contribution >= 4 is 16.9 Å². The lowest BCUT2D eigenvalue weighted by Gasteiger charge is -2.14. The zero-order valence-electron chi connectivity index (χ0n) is 16.0. The van der Waals surface area contributed by atoms with Crippen molar-refractivity contribution < 1.29 is 14.7 Å². The quantitative estimate of drug-likeness (QED) is 0.235. The number of nitrogens with zero attached hydrogens (tertiary/aromatic N) is 3. The average molecular weight is 388 g/mol. The van der Waals surface area contributed by atoms with E-state index in [4.69, 9.17) is 20.4 Å². The Labute approximate surface area is 167 Å². The van der Waals surface area contributed by atoms with Gasteiger partial charge < -0.3 is 20.4 Å². The summed E-state index contributed by atoms with van der Waals surface area (Å²) in [6, 6.07) is 19.2. The van der Waals surface area contributed by atoms with Crippen molar-refractivity contribution in [2.75, 3.05) is 14.2 Å². The van der Waals surface area contributed by atoms with Gasteiger partial charge in [-0.1, -0.05) is 23.4 Å². The number of benzene rings is 3. The molecule has 0 fully saturated rings. The number of imidazole rings is 1. The molecule has 0 saturated heterocycles. The summed E-state index contributed by atoms with van der Waals surface area (Å²) in [7, 11) is 3.29. The van der Waals surface area contributed by atoms with Crippen LogP contribution in [0.5, 0.6) is 11.5 Å². The van der Waals surface area contributed by atoms with Crippen LogP contribution < -0.4 is 15.2 Å². The van der Waals surface area contributed by atoms with Crippen LogP contribution in [0.25, 0.3) is 27.8 Å². The van der Waals surface area contributed by atoms with Crippen molar-refractivity contribution in [3.8, 4) is 28.3 Å². The van der Waals surface area contributed by atoms with Gasteiger partial charge >= 0.3 is 0 Å². The van der Waals surface area contributed by atoms with Crippen LogP contribution in [0.15, 0.2) is 72.1 Å². The van der Waals surface area contributed by atoms with Crippen LogP contribution in [0, 0.1) is 0 Å². The number of hydrogen-bond donors (Lipinski definition) is 2. The van der Waals surface area contributed by atoms with E-state index in [-0.39, 0.29) is 5.84 Å². The van der Waals surface area contributed by atoms with Gasteiger partial charge in [0.25, 0.3) is 0 Å². The Morgan fingerprint density at radius 1 is 1.00 bits per heavy atom. The minimum Gasteiger partial charge on any atom is -0.496 e. The molecule has 0 saturated carbocycles. The molecule has 0 aliphatic heterocycles. The first-order chi connectivity index (χ1) is 14.2. The smallest absolute Gasteiger partial charge is 0.170 e. The van der Waals surface area contributed by atoms with Crippen LogP contribution in [0.1, 0.15) is 5.56 Å². The highest BCUT2D eigenvalue weighted by Gasteiger charge is 2.14. The first kappa shape index (κ1) is 18.4. The van der Waals surface area contributed by atoms with Gasteiger partial charge in [-0.2, -0.15) is 0 Å². The number of ether oxygens (including phenoxy) is 2. The fraction of sp³-hybridized carbons (Fsp3) is 0.0909. The highest BCUT2D eigenvalue weighted by Crippen LogP contribution is 2.39. The molecule has 3 aromatic carbocycles. The Bertz CT molecular complexity index is 1190. The number of aromatic nitrogens is 2. The molecule has 0 aliphatic carbocycles. The standard InChI is InChI=1S/C22H20N4O3/c1-28-19-7-4-8-20(29-2)21(19)14-5-3-6-16(11-14)26-13-24-17-12-15(22(23)25-27)9-10-18(17)26/h3-13,27H,1-2H3,(H2,23,25). The van der Waals surface area contributed by atoms with Gasteiger partial charge in [-0.05, 0) is 48.0 Å². The first-order valence-corrected chi connectivity index (χ1v) is 8.93. The van der Waals surface area contributed by atoms with Crippen LogP contribution in [-0.2, 0) is 0 Å². The van der Waals surface area contributed by atoms with E-state index < -0.39 is 0 Å². The van der Waals surface area contributed by atoms with E-state index >= 15 is 0 Å². The van der Waals surface area contributed by atoms with Gasteiger partial charge in [-0.25, -0.2) is 4.98 Å². The van der Waals surface area contributed by atoms with Gasteiger partial charge in [0.15, 0.2) is 5.84 Å². The third-order valence-electron chi connectivity index (χ3n) is 4.79. The summed E-state index contributed by atoms with van der Waals surface area (Å²) in [5.74, 6) is 1.52. The SMILES string of the molecule is COc1cccc(OC)c1-c1cccc(-n2cnc3cc(C(N)=NO)ccc32)c1. The highest BCUT2D eigenvalue weighted by molar-refractivity contribution is 5.99. The molecule has 3 N–H and O–H groups in total. The fourth-order valence-corrected chi connectivity index (χ4v) is 3.38. The molecule has 1 aromatic heterocycles. The molecule has 0 atom stereocenters. The molecule has 7 heteroatoms. The summed E-state index contributed by atoms with van der Waals surface area (Å²) in [5.41, 5.74) is 10.7. The van der Waals surface area contributed by atoms with E-state index in [2.05, 4.69) is 16.2 Å². The zero-order valence-corrected chi connectivity index (χ0v) is 16.0. The highest BCUT2D eigenvalue weighted by atomic mass is 16.5. The van der Waals surface area contributed by atoms with Crippen LogP contribution >= 0.6 is 0 Å². The predicted octanol–water partition coefficient (Wildman–Crippen LogP) is 3.80. The maximum Gasteiger partial charge on any atom is 0.170 e. The Hall–Kier alpha value is -4.00. The number of hydrogen-bond acceptors (Lipinski definition) is 5. The number of nitrogens with two attached hydrogens (primary N) is 1. The molecule has 4 rings (SSSR count).